The van der Waals surface area contributed by atoms with Gasteiger partial charge >= 0.3 is 0 Å². The number of fused-ring (bicyclic) bond motifs is 1. The first-order valence-electron chi connectivity index (χ1n) is 6.77. The predicted octanol–water partition coefficient (Wildman–Crippen LogP) is 5.47. The van der Waals surface area contributed by atoms with Crippen LogP contribution < -0.4 is 0 Å². The number of alkyl halides is 1. The van der Waals surface area contributed by atoms with Gasteiger partial charge in [0.1, 0.15) is 0 Å². The molecule has 0 aromatic rings. The largest absolute Gasteiger partial charge is 0.0988 e. The zero-order chi connectivity index (χ0) is 13.3. The van der Waals surface area contributed by atoms with Gasteiger partial charge in [-0.05, 0) is 48.2 Å². The second-order valence-corrected chi connectivity index (χ2v) is 6.94. The van der Waals surface area contributed by atoms with Crippen molar-refractivity contribution in [3.05, 3.63) is 47.6 Å². The average Bonchev–Trinajstić information content (AvgIpc) is 2.54. The molecule has 2 rings (SSSR count). The lowest BCUT2D eigenvalue weighted by Crippen LogP contribution is -2.27. The quantitative estimate of drug-likeness (QED) is 0.358. The molecule has 2 aliphatic carbocycles. The number of hydrogen-bond donors (Lipinski definition) is 0. The van der Waals surface area contributed by atoms with Crippen LogP contribution in [-0.2, 0) is 0 Å². The molecule has 98 valence electrons. The molecule has 18 heavy (non-hydrogen) atoms. The fraction of sp³-hybridized carbons (Fsp3) is 0.529. The lowest BCUT2D eigenvalue weighted by Gasteiger charge is -2.35. The summed E-state index contributed by atoms with van der Waals surface area (Å²) in [6, 6.07) is 0. The fourth-order valence-electron chi connectivity index (χ4n) is 3.70. The first-order valence-corrected chi connectivity index (χ1v) is 8.30. The minimum atomic E-state index is 0.271. The van der Waals surface area contributed by atoms with Gasteiger partial charge in [-0.25, -0.2) is 0 Å². The van der Waals surface area contributed by atoms with E-state index in [1.165, 1.54) is 18.4 Å². The maximum Gasteiger partial charge on any atom is 0.0179 e. The van der Waals surface area contributed by atoms with Gasteiger partial charge in [0.15, 0.2) is 0 Å². The molecule has 0 aromatic carbocycles. The highest BCUT2D eigenvalue weighted by molar-refractivity contribution is 14.1. The van der Waals surface area contributed by atoms with Crippen LogP contribution in [0.3, 0.4) is 0 Å². The average molecular weight is 354 g/mol. The van der Waals surface area contributed by atoms with E-state index in [-0.39, 0.29) is 5.41 Å². The maximum absolute atomic E-state index is 4.06. The Labute approximate surface area is 125 Å². The predicted molar refractivity (Wildman–Crippen MR) is 89.0 cm³/mol. The van der Waals surface area contributed by atoms with Gasteiger partial charge in [0.05, 0.1) is 0 Å². The Bertz CT molecular complexity index is 435. The molecule has 0 aliphatic heterocycles. The van der Waals surface area contributed by atoms with E-state index in [0.29, 0.717) is 5.92 Å². The number of allylic oxidation sites excluding steroid dienone is 7. The van der Waals surface area contributed by atoms with E-state index < -0.39 is 0 Å². The SMILES string of the molecule is C=CC1=C(/C=C\CI)C2CC=C(C)CC2C1(C)C. The van der Waals surface area contributed by atoms with Crippen molar-refractivity contribution >= 4 is 22.6 Å². The molecule has 0 nitrogen and oxygen atoms in total. The van der Waals surface area contributed by atoms with Crippen LogP contribution in [0.2, 0.25) is 0 Å². The van der Waals surface area contributed by atoms with Crippen molar-refractivity contribution in [1.82, 2.24) is 0 Å². The summed E-state index contributed by atoms with van der Waals surface area (Å²) in [5, 5.41) is 0. The normalized spacial score (nSPS) is 30.6. The summed E-state index contributed by atoms with van der Waals surface area (Å²) in [4.78, 5) is 0. The van der Waals surface area contributed by atoms with Crippen molar-refractivity contribution in [2.24, 2.45) is 17.3 Å². The molecule has 1 heteroatoms. The highest BCUT2D eigenvalue weighted by atomic mass is 127. The third-order valence-corrected chi connectivity index (χ3v) is 5.18. The van der Waals surface area contributed by atoms with E-state index >= 15 is 0 Å². The Morgan fingerprint density at radius 3 is 2.83 bits per heavy atom. The number of hydrogen-bond acceptors (Lipinski definition) is 0. The molecule has 0 spiro atoms. The topological polar surface area (TPSA) is 0 Å². The second kappa shape index (κ2) is 5.36. The molecule has 0 saturated carbocycles. The van der Waals surface area contributed by atoms with Crippen molar-refractivity contribution in [2.75, 3.05) is 4.43 Å². The monoisotopic (exact) mass is 354 g/mol. The van der Waals surface area contributed by atoms with Crippen molar-refractivity contribution in [2.45, 2.75) is 33.6 Å². The number of rotatable bonds is 3. The van der Waals surface area contributed by atoms with Crippen LogP contribution in [0.5, 0.6) is 0 Å². The van der Waals surface area contributed by atoms with Gasteiger partial charge in [-0.2, -0.15) is 0 Å². The van der Waals surface area contributed by atoms with Crippen molar-refractivity contribution in [3.63, 3.8) is 0 Å². The Hall–Kier alpha value is -0.310. The molecule has 0 bridgehead atoms. The lowest BCUT2D eigenvalue weighted by atomic mass is 9.69. The zero-order valence-corrected chi connectivity index (χ0v) is 13.8. The molecule has 0 saturated heterocycles. The summed E-state index contributed by atoms with van der Waals surface area (Å²) in [5.74, 6) is 1.46. The summed E-state index contributed by atoms with van der Waals surface area (Å²) in [6.07, 6.45) is 11.6. The van der Waals surface area contributed by atoms with Gasteiger partial charge in [-0.15, -0.1) is 0 Å². The van der Waals surface area contributed by atoms with Gasteiger partial charge in [-0.1, -0.05) is 72.9 Å². The minimum Gasteiger partial charge on any atom is -0.0988 e. The van der Waals surface area contributed by atoms with E-state index in [4.69, 9.17) is 0 Å². The van der Waals surface area contributed by atoms with E-state index in [1.807, 2.05) is 0 Å². The molecule has 0 amide bonds. The summed E-state index contributed by atoms with van der Waals surface area (Å²) in [7, 11) is 0. The first kappa shape index (κ1) is 14.1. The van der Waals surface area contributed by atoms with Crippen LogP contribution in [0.15, 0.2) is 47.6 Å². The lowest BCUT2D eigenvalue weighted by molar-refractivity contribution is 0.226. The smallest absolute Gasteiger partial charge is 0.0179 e. The molecular formula is C17H23I. The van der Waals surface area contributed by atoms with Crippen LogP contribution in [-0.4, -0.2) is 4.43 Å². The molecular weight excluding hydrogens is 331 g/mol. The van der Waals surface area contributed by atoms with Crippen LogP contribution >= 0.6 is 22.6 Å². The van der Waals surface area contributed by atoms with E-state index in [2.05, 4.69) is 74.2 Å². The van der Waals surface area contributed by atoms with Crippen LogP contribution in [0.1, 0.15) is 33.6 Å². The molecule has 0 fully saturated rings. The third-order valence-electron chi connectivity index (χ3n) is 4.67. The highest BCUT2D eigenvalue weighted by Crippen LogP contribution is 2.56. The second-order valence-electron chi connectivity index (χ2n) is 6.05. The third kappa shape index (κ3) is 2.26. The van der Waals surface area contributed by atoms with Crippen molar-refractivity contribution < 1.29 is 0 Å². The molecule has 0 aromatic heterocycles. The molecule has 2 atom stereocenters. The van der Waals surface area contributed by atoms with Gasteiger partial charge in [0.2, 0.25) is 0 Å². The van der Waals surface area contributed by atoms with Gasteiger partial charge in [0, 0.05) is 4.43 Å². The fourth-order valence-corrected chi connectivity index (χ4v) is 3.96. The Kier molecular flexibility index (Phi) is 4.20. The Balaban J connectivity index is 2.44. The van der Waals surface area contributed by atoms with E-state index in [0.717, 1.165) is 10.3 Å². The van der Waals surface area contributed by atoms with E-state index in [9.17, 15) is 0 Å². The summed E-state index contributed by atoms with van der Waals surface area (Å²) >= 11 is 2.41. The van der Waals surface area contributed by atoms with Crippen LogP contribution in [0.25, 0.3) is 0 Å². The van der Waals surface area contributed by atoms with Crippen LogP contribution in [0, 0.1) is 17.3 Å². The Morgan fingerprint density at radius 2 is 2.22 bits per heavy atom. The van der Waals surface area contributed by atoms with Crippen LogP contribution in [0.4, 0.5) is 0 Å². The summed E-state index contributed by atoms with van der Waals surface area (Å²) < 4.78 is 1.08. The molecule has 0 heterocycles. The number of halogens is 1. The van der Waals surface area contributed by atoms with Crippen molar-refractivity contribution in [1.29, 1.82) is 0 Å². The highest BCUT2D eigenvalue weighted by Gasteiger charge is 2.46. The zero-order valence-electron chi connectivity index (χ0n) is 11.7. The molecule has 0 radical (unpaired) electrons. The summed E-state index contributed by atoms with van der Waals surface area (Å²) in [5.41, 5.74) is 4.85. The van der Waals surface area contributed by atoms with Gasteiger partial charge in [0.25, 0.3) is 0 Å². The first-order chi connectivity index (χ1) is 8.52. The molecule has 2 aliphatic rings. The summed E-state index contributed by atoms with van der Waals surface area (Å²) in [6.45, 7) is 11.1. The van der Waals surface area contributed by atoms with Gasteiger partial charge in [-0.3, -0.25) is 0 Å². The standard InChI is InChI=1S/C17H23I/c1-5-15-13(7-6-10-18)14-9-8-12(2)11-16(14)17(15,3)4/h5-8,14,16H,1,9-11H2,2-4H3/b7-6-. The van der Waals surface area contributed by atoms with Crippen molar-refractivity contribution in [3.8, 4) is 0 Å². The minimum absolute atomic E-state index is 0.271. The molecule has 2 unspecified atom stereocenters. The van der Waals surface area contributed by atoms with E-state index in [1.54, 1.807) is 11.1 Å². The maximum atomic E-state index is 4.06. The van der Waals surface area contributed by atoms with Gasteiger partial charge < -0.3 is 0 Å². The Morgan fingerprint density at radius 1 is 1.50 bits per heavy atom. The molecule has 0 N–H and O–H groups in total.